The number of pyridine rings is 1. The first-order valence-corrected chi connectivity index (χ1v) is 6.69. The summed E-state index contributed by atoms with van der Waals surface area (Å²) < 4.78 is 0. The molecule has 1 aliphatic heterocycles. The lowest BCUT2D eigenvalue weighted by Gasteiger charge is -2.35. The predicted octanol–water partition coefficient (Wildman–Crippen LogP) is 1.61. The Hall–Kier alpha value is -1.20. The second-order valence-electron chi connectivity index (χ2n) is 4.99. The van der Waals surface area contributed by atoms with Gasteiger partial charge in [-0.1, -0.05) is 12.2 Å². The number of anilines is 1. The van der Waals surface area contributed by atoms with Gasteiger partial charge in [0.1, 0.15) is 4.99 Å². The van der Waals surface area contributed by atoms with E-state index in [1.54, 1.807) is 6.20 Å². The van der Waals surface area contributed by atoms with E-state index in [1.165, 1.54) is 0 Å². The highest BCUT2D eigenvalue weighted by molar-refractivity contribution is 7.80. The van der Waals surface area contributed by atoms with Gasteiger partial charge in [-0.3, -0.25) is 4.98 Å². The molecule has 2 atom stereocenters. The average Bonchev–Trinajstić information content (AvgIpc) is 2.34. The van der Waals surface area contributed by atoms with E-state index in [4.69, 9.17) is 18.0 Å². The Bertz CT molecular complexity index is 418. The fourth-order valence-electron chi connectivity index (χ4n) is 2.28. The van der Waals surface area contributed by atoms with Crippen molar-refractivity contribution in [3.05, 3.63) is 24.0 Å². The van der Waals surface area contributed by atoms with E-state index in [9.17, 15) is 0 Å². The summed E-state index contributed by atoms with van der Waals surface area (Å²) in [6.45, 7) is 3.40. The minimum atomic E-state index is 0.342. The van der Waals surface area contributed by atoms with E-state index in [0.717, 1.165) is 25.1 Å². The van der Waals surface area contributed by atoms with Gasteiger partial charge in [0.25, 0.3) is 0 Å². The smallest absolute Gasteiger partial charge is 0.122 e. The molecule has 1 saturated heterocycles. The Balaban J connectivity index is 1.95. The lowest BCUT2D eigenvalue weighted by molar-refractivity contribution is 0.190. The molecule has 5 heteroatoms. The van der Waals surface area contributed by atoms with Crippen molar-refractivity contribution in [3.8, 4) is 0 Å². The van der Waals surface area contributed by atoms with Gasteiger partial charge >= 0.3 is 0 Å². The maximum atomic E-state index is 5.52. The van der Waals surface area contributed by atoms with Gasteiger partial charge in [-0.2, -0.15) is 0 Å². The molecule has 1 aromatic heterocycles. The van der Waals surface area contributed by atoms with Gasteiger partial charge in [-0.05, 0) is 38.9 Å². The lowest BCUT2D eigenvalue weighted by Crippen LogP contribution is -2.42. The van der Waals surface area contributed by atoms with Gasteiger partial charge in [0, 0.05) is 18.6 Å². The first-order chi connectivity index (χ1) is 8.56. The molecule has 98 valence electrons. The summed E-state index contributed by atoms with van der Waals surface area (Å²) in [4.78, 5) is 6.98. The SMILES string of the molecule is CC1CC(Nc2ccc(C(N)=S)nc2)CCN1C. The highest BCUT2D eigenvalue weighted by Gasteiger charge is 2.22. The van der Waals surface area contributed by atoms with Crippen molar-refractivity contribution in [2.24, 2.45) is 5.73 Å². The summed E-state index contributed by atoms with van der Waals surface area (Å²) in [5, 5.41) is 3.52. The Morgan fingerprint density at radius 2 is 2.33 bits per heavy atom. The van der Waals surface area contributed by atoms with Crippen LogP contribution in [0.2, 0.25) is 0 Å². The van der Waals surface area contributed by atoms with Crippen LogP contribution >= 0.6 is 12.2 Å². The summed E-state index contributed by atoms with van der Waals surface area (Å²) in [5.41, 5.74) is 7.24. The predicted molar refractivity (Wildman–Crippen MR) is 78.9 cm³/mol. The van der Waals surface area contributed by atoms with Crippen LogP contribution in [0.25, 0.3) is 0 Å². The van der Waals surface area contributed by atoms with Gasteiger partial charge in [0.05, 0.1) is 17.6 Å². The first-order valence-electron chi connectivity index (χ1n) is 6.29. The van der Waals surface area contributed by atoms with Crippen molar-refractivity contribution < 1.29 is 0 Å². The van der Waals surface area contributed by atoms with Crippen LogP contribution in [0.15, 0.2) is 18.3 Å². The number of aromatic nitrogens is 1. The highest BCUT2D eigenvalue weighted by Crippen LogP contribution is 2.19. The van der Waals surface area contributed by atoms with E-state index in [1.807, 2.05) is 12.1 Å². The Morgan fingerprint density at radius 3 is 2.89 bits per heavy atom. The molecule has 1 aliphatic rings. The molecule has 18 heavy (non-hydrogen) atoms. The number of piperidine rings is 1. The largest absolute Gasteiger partial charge is 0.388 e. The zero-order valence-electron chi connectivity index (χ0n) is 10.9. The molecular weight excluding hydrogens is 244 g/mol. The van der Waals surface area contributed by atoms with Crippen molar-refractivity contribution in [2.45, 2.75) is 31.8 Å². The summed E-state index contributed by atoms with van der Waals surface area (Å²) in [7, 11) is 2.18. The van der Waals surface area contributed by atoms with E-state index >= 15 is 0 Å². The number of rotatable bonds is 3. The first kappa shape index (κ1) is 13.2. The molecule has 0 saturated carbocycles. The molecule has 4 nitrogen and oxygen atoms in total. The van der Waals surface area contributed by atoms with Crippen molar-refractivity contribution in [1.82, 2.24) is 9.88 Å². The van der Waals surface area contributed by atoms with Crippen LogP contribution in [0.5, 0.6) is 0 Å². The van der Waals surface area contributed by atoms with E-state index in [2.05, 4.69) is 29.2 Å². The molecule has 0 spiro atoms. The van der Waals surface area contributed by atoms with Gasteiger partial charge in [0.15, 0.2) is 0 Å². The monoisotopic (exact) mass is 264 g/mol. The quantitative estimate of drug-likeness (QED) is 0.812. The summed E-state index contributed by atoms with van der Waals surface area (Å²) in [5.74, 6) is 0. The number of thiocarbonyl (C=S) groups is 1. The summed E-state index contributed by atoms with van der Waals surface area (Å²) >= 11 is 4.88. The van der Waals surface area contributed by atoms with Crippen molar-refractivity contribution in [2.75, 3.05) is 18.9 Å². The summed E-state index contributed by atoms with van der Waals surface area (Å²) in [6, 6.07) is 5.00. The molecule has 0 radical (unpaired) electrons. The minimum absolute atomic E-state index is 0.342. The molecule has 2 unspecified atom stereocenters. The molecule has 2 heterocycles. The Kier molecular flexibility index (Phi) is 4.14. The fraction of sp³-hybridized carbons (Fsp3) is 0.538. The fourth-order valence-corrected chi connectivity index (χ4v) is 2.40. The molecule has 1 fully saturated rings. The maximum Gasteiger partial charge on any atom is 0.122 e. The molecule has 0 bridgehead atoms. The van der Waals surface area contributed by atoms with Gasteiger partial charge < -0.3 is 16.0 Å². The van der Waals surface area contributed by atoms with Crippen LogP contribution < -0.4 is 11.1 Å². The van der Waals surface area contributed by atoms with E-state index in [-0.39, 0.29) is 0 Å². The normalized spacial score (nSPS) is 24.8. The van der Waals surface area contributed by atoms with Crippen LogP contribution in [0.1, 0.15) is 25.5 Å². The molecule has 0 aliphatic carbocycles. The summed E-state index contributed by atoms with van der Waals surface area (Å²) in [6.07, 6.45) is 4.13. The maximum absolute atomic E-state index is 5.52. The number of nitrogens with two attached hydrogens (primary N) is 1. The zero-order valence-corrected chi connectivity index (χ0v) is 11.7. The molecule has 0 aromatic carbocycles. The van der Waals surface area contributed by atoms with Crippen LogP contribution in [0, 0.1) is 0 Å². The number of nitrogens with one attached hydrogen (secondary N) is 1. The second kappa shape index (κ2) is 5.63. The van der Waals surface area contributed by atoms with E-state index < -0.39 is 0 Å². The van der Waals surface area contributed by atoms with Crippen LogP contribution in [-0.4, -0.2) is 40.5 Å². The van der Waals surface area contributed by atoms with Gasteiger partial charge in [-0.25, -0.2) is 0 Å². The third-order valence-electron chi connectivity index (χ3n) is 3.60. The van der Waals surface area contributed by atoms with Crippen molar-refractivity contribution in [3.63, 3.8) is 0 Å². The van der Waals surface area contributed by atoms with Gasteiger partial charge in [-0.15, -0.1) is 0 Å². The lowest BCUT2D eigenvalue weighted by atomic mass is 9.99. The number of hydrogen-bond donors (Lipinski definition) is 2. The van der Waals surface area contributed by atoms with Crippen LogP contribution in [0.3, 0.4) is 0 Å². The Morgan fingerprint density at radius 1 is 1.56 bits per heavy atom. The average molecular weight is 264 g/mol. The Labute approximate surface area is 114 Å². The zero-order chi connectivity index (χ0) is 13.1. The highest BCUT2D eigenvalue weighted by atomic mass is 32.1. The molecular formula is C13H20N4S. The standard InChI is InChI=1S/C13H20N4S/c1-9-7-10(5-6-17(9)2)16-11-3-4-12(13(14)18)15-8-11/h3-4,8-10,16H,5-7H2,1-2H3,(H2,14,18). The van der Waals surface area contributed by atoms with Crippen molar-refractivity contribution in [1.29, 1.82) is 0 Å². The number of likely N-dealkylation sites (tertiary alicyclic amines) is 1. The van der Waals surface area contributed by atoms with Gasteiger partial charge in [0.2, 0.25) is 0 Å². The number of hydrogen-bond acceptors (Lipinski definition) is 4. The van der Waals surface area contributed by atoms with Crippen molar-refractivity contribution >= 4 is 22.9 Å². The van der Waals surface area contributed by atoms with Crippen LogP contribution in [-0.2, 0) is 0 Å². The molecule has 2 rings (SSSR count). The minimum Gasteiger partial charge on any atom is -0.388 e. The number of nitrogens with zero attached hydrogens (tertiary/aromatic N) is 2. The molecule has 1 aromatic rings. The van der Waals surface area contributed by atoms with E-state index in [0.29, 0.717) is 22.8 Å². The third kappa shape index (κ3) is 3.17. The topological polar surface area (TPSA) is 54.2 Å². The molecule has 0 amide bonds. The second-order valence-corrected chi connectivity index (χ2v) is 5.43. The molecule has 3 N–H and O–H groups in total. The van der Waals surface area contributed by atoms with Crippen LogP contribution in [0.4, 0.5) is 5.69 Å². The third-order valence-corrected chi connectivity index (χ3v) is 3.80.